The van der Waals surface area contributed by atoms with Gasteiger partial charge in [0.25, 0.3) is 0 Å². The Balaban J connectivity index is 1.82. The van der Waals surface area contributed by atoms with Crippen molar-refractivity contribution in [3.63, 3.8) is 0 Å². The zero-order chi connectivity index (χ0) is 13.2. The van der Waals surface area contributed by atoms with Crippen molar-refractivity contribution in [3.8, 4) is 0 Å². The summed E-state index contributed by atoms with van der Waals surface area (Å²) in [4.78, 5) is 9.90. The average Bonchev–Trinajstić information content (AvgIpc) is 2.76. The van der Waals surface area contributed by atoms with Gasteiger partial charge < -0.3 is 0 Å². The van der Waals surface area contributed by atoms with Gasteiger partial charge in [-0.2, -0.15) is 0 Å². The lowest BCUT2D eigenvalue weighted by atomic mass is 10.4. The van der Waals surface area contributed by atoms with E-state index in [-0.39, 0.29) is 0 Å². The highest BCUT2D eigenvalue weighted by atomic mass is 79.9. The minimum absolute atomic E-state index is 0.709. The van der Waals surface area contributed by atoms with Crippen molar-refractivity contribution in [1.29, 1.82) is 0 Å². The highest BCUT2D eigenvalue weighted by Gasteiger charge is 2.10. The van der Waals surface area contributed by atoms with Crippen LogP contribution in [0.25, 0.3) is 5.78 Å². The zero-order valence-electron chi connectivity index (χ0n) is 9.75. The molecule has 0 N–H and O–H groups in total. The second kappa shape index (κ2) is 5.53. The van der Waals surface area contributed by atoms with Crippen LogP contribution in [0, 0.1) is 0 Å². The fourth-order valence-electron chi connectivity index (χ4n) is 1.68. The van der Waals surface area contributed by atoms with Crippen molar-refractivity contribution in [2.45, 2.75) is 10.6 Å². The van der Waals surface area contributed by atoms with E-state index in [1.165, 1.54) is 4.90 Å². The van der Waals surface area contributed by atoms with Gasteiger partial charge in [0.05, 0.1) is 5.69 Å². The zero-order valence-corrected chi connectivity index (χ0v) is 12.9. The second-order valence-corrected chi connectivity index (χ2v) is 6.12. The summed E-state index contributed by atoms with van der Waals surface area (Å²) < 4.78 is 2.88. The number of aromatic nitrogens is 3. The first-order valence-electron chi connectivity index (χ1n) is 5.60. The molecule has 0 aliphatic heterocycles. The van der Waals surface area contributed by atoms with Crippen molar-refractivity contribution < 1.29 is 0 Å². The Morgan fingerprint density at radius 3 is 2.79 bits per heavy atom. The van der Waals surface area contributed by atoms with Gasteiger partial charge in [0.15, 0.2) is 0 Å². The number of rotatable bonds is 3. The van der Waals surface area contributed by atoms with Crippen molar-refractivity contribution in [3.05, 3.63) is 58.0 Å². The van der Waals surface area contributed by atoms with Crippen LogP contribution in [-0.4, -0.2) is 14.4 Å². The minimum Gasteiger partial charge on any atom is -0.278 e. The Labute approximate surface area is 128 Å². The molecule has 0 saturated carbocycles. The Hall–Kier alpha value is -1.04. The molecule has 0 amide bonds. The molecular weight excluding hydrogens is 346 g/mol. The van der Waals surface area contributed by atoms with Crippen LogP contribution in [0.5, 0.6) is 0 Å². The lowest BCUT2D eigenvalue weighted by molar-refractivity contribution is 1.09. The number of thioether (sulfide) groups is 1. The van der Waals surface area contributed by atoms with Crippen LogP contribution in [-0.2, 0) is 5.75 Å². The fourth-order valence-corrected chi connectivity index (χ4v) is 3.33. The SMILES string of the molecule is Clc1ccc(SCc2nc3ncccn3c2Br)cc1. The van der Waals surface area contributed by atoms with E-state index in [0.717, 1.165) is 21.1 Å². The summed E-state index contributed by atoms with van der Waals surface area (Å²) in [6.45, 7) is 0. The lowest BCUT2D eigenvalue weighted by Gasteiger charge is -2.00. The maximum Gasteiger partial charge on any atom is 0.234 e. The van der Waals surface area contributed by atoms with Gasteiger partial charge in [0.1, 0.15) is 4.60 Å². The quantitative estimate of drug-likeness (QED) is 0.651. The first-order chi connectivity index (χ1) is 9.24. The van der Waals surface area contributed by atoms with E-state index >= 15 is 0 Å². The van der Waals surface area contributed by atoms with Crippen LogP contribution >= 0.6 is 39.3 Å². The predicted octanol–water partition coefficient (Wildman–Crippen LogP) is 4.44. The lowest BCUT2D eigenvalue weighted by Crippen LogP contribution is -1.85. The number of imidazole rings is 1. The number of halogens is 2. The van der Waals surface area contributed by atoms with Crippen LogP contribution in [0.15, 0.2) is 52.2 Å². The number of nitrogens with zero attached hydrogens (tertiary/aromatic N) is 3. The summed E-state index contributed by atoms with van der Waals surface area (Å²) >= 11 is 11.1. The molecule has 0 unspecified atom stereocenters. The molecule has 1 aromatic carbocycles. The predicted molar refractivity (Wildman–Crippen MR) is 81.7 cm³/mol. The van der Waals surface area contributed by atoms with E-state index in [4.69, 9.17) is 11.6 Å². The van der Waals surface area contributed by atoms with Crippen molar-refractivity contribution in [2.75, 3.05) is 0 Å². The van der Waals surface area contributed by atoms with Crippen LogP contribution in [0.2, 0.25) is 5.02 Å². The molecule has 3 aromatic rings. The van der Waals surface area contributed by atoms with Gasteiger partial charge in [-0.25, -0.2) is 9.97 Å². The molecule has 3 nitrogen and oxygen atoms in total. The molecule has 0 bridgehead atoms. The normalized spacial score (nSPS) is 11.1. The largest absolute Gasteiger partial charge is 0.278 e. The third-order valence-electron chi connectivity index (χ3n) is 2.60. The molecule has 0 saturated heterocycles. The monoisotopic (exact) mass is 353 g/mol. The van der Waals surface area contributed by atoms with E-state index < -0.39 is 0 Å². The highest BCUT2D eigenvalue weighted by molar-refractivity contribution is 9.10. The van der Waals surface area contributed by atoms with E-state index in [1.54, 1.807) is 18.0 Å². The molecule has 0 radical (unpaired) electrons. The molecule has 96 valence electrons. The van der Waals surface area contributed by atoms with Crippen LogP contribution in [0.1, 0.15) is 5.69 Å². The Morgan fingerprint density at radius 2 is 2.05 bits per heavy atom. The Kier molecular flexibility index (Phi) is 3.77. The topological polar surface area (TPSA) is 30.2 Å². The number of benzene rings is 1. The Morgan fingerprint density at radius 1 is 1.26 bits per heavy atom. The van der Waals surface area contributed by atoms with Crippen LogP contribution < -0.4 is 0 Å². The Bertz CT molecular complexity index is 711. The van der Waals surface area contributed by atoms with Gasteiger partial charge in [0, 0.05) is 28.1 Å². The maximum atomic E-state index is 5.87. The van der Waals surface area contributed by atoms with Gasteiger partial charge in [-0.05, 0) is 46.3 Å². The van der Waals surface area contributed by atoms with E-state index in [2.05, 4.69) is 25.9 Å². The average molecular weight is 355 g/mol. The van der Waals surface area contributed by atoms with Gasteiger partial charge >= 0.3 is 0 Å². The molecule has 0 aliphatic carbocycles. The standard InChI is InChI=1S/C13H9BrClN3S/c14-12-11(17-13-16-6-1-7-18(12)13)8-19-10-4-2-9(15)3-5-10/h1-7H,8H2. The summed E-state index contributed by atoms with van der Waals surface area (Å²) in [5.74, 6) is 1.49. The molecule has 0 atom stereocenters. The minimum atomic E-state index is 0.709. The van der Waals surface area contributed by atoms with Gasteiger partial charge in [0.2, 0.25) is 5.78 Å². The first kappa shape index (κ1) is 13.0. The summed E-state index contributed by atoms with van der Waals surface area (Å²) in [7, 11) is 0. The maximum absolute atomic E-state index is 5.87. The van der Waals surface area contributed by atoms with E-state index in [1.807, 2.05) is 40.9 Å². The molecule has 0 fully saturated rings. The van der Waals surface area contributed by atoms with Crippen molar-refractivity contribution >= 4 is 45.1 Å². The highest BCUT2D eigenvalue weighted by Crippen LogP contribution is 2.27. The molecule has 19 heavy (non-hydrogen) atoms. The molecule has 2 aromatic heterocycles. The van der Waals surface area contributed by atoms with Crippen LogP contribution in [0.3, 0.4) is 0 Å². The third-order valence-corrected chi connectivity index (χ3v) is 4.72. The summed E-state index contributed by atoms with van der Waals surface area (Å²) in [6, 6.07) is 9.69. The van der Waals surface area contributed by atoms with Crippen LogP contribution in [0.4, 0.5) is 0 Å². The van der Waals surface area contributed by atoms with Crippen molar-refractivity contribution in [2.24, 2.45) is 0 Å². The number of fused-ring (bicyclic) bond motifs is 1. The molecular formula is C13H9BrClN3S. The second-order valence-electron chi connectivity index (χ2n) is 3.88. The first-order valence-corrected chi connectivity index (χ1v) is 7.75. The van der Waals surface area contributed by atoms with Gasteiger partial charge in [-0.15, -0.1) is 11.8 Å². The smallest absolute Gasteiger partial charge is 0.234 e. The number of hydrogen-bond donors (Lipinski definition) is 0. The molecule has 2 heterocycles. The molecule has 3 rings (SSSR count). The molecule has 6 heteroatoms. The summed E-state index contributed by atoms with van der Waals surface area (Å²) in [6.07, 6.45) is 3.68. The van der Waals surface area contributed by atoms with Gasteiger partial charge in [-0.1, -0.05) is 11.6 Å². The van der Waals surface area contributed by atoms with Gasteiger partial charge in [-0.3, -0.25) is 4.40 Å². The van der Waals surface area contributed by atoms with E-state index in [0.29, 0.717) is 5.78 Å². The molecule has 0 aliphatic rings. The third kappa shape index (κ3) is 2.78. The fraction of sp³-hybridized carbons (Fsp3) is 0.0769. The van der Waals surface area contributed by atoms with Crippen molar-refractivity contribution in [1.82, 2.24) is 14.4 Å². The summed E-state index contributed by atoms with van der Waals surface area (Å²) in [5.41, 5.74) is 0.985. The number of hydrogen-bond acceptors (Lipinski definition) is 3. The summed E-state index contributed by atoms with van der Waals surface area (Å²) in [5, 5.41) is 0.752. The van der Waals surface area contributed by atoms with E-state index in [9.17, 15) is 0 Å². The molecule has 0 spiro atoms.